The molecule has 28 heavy (non-hydrogen) atoms. The molecule has 1 aliphatic heterocycles. The Morgan fingerprint density at radius 3 is 2.11 bits per heavy atom. The van der Waals surface area contributed by atoms with Crippen LogP contribution < -0.4 is 23.7 Å². The maximum atomic E-state index is 10.6. The van der Waals surface area contributed by atoms with Crippen LogP contribution in [0, 0.1) is 0 Å². The van der Waals surface area contributed by atoms with Gasteiger partial charge in [0.2, 0.25) is 5.75 Å². The van der Waals surface area contributed by atoms with E-state index in [9.17, 15) is 5.11 Å². The fourth-order valence-electron chi connectivity index (χ4n) is 3.69. The molecule has 6 heteroatoms. The quantitative estimate of drug-likeness (QED) is 0.712. The molecule has 2 aromatic carbocycles. The van der Waals surface area contributed by atoms with Crippen LogP contribution in [-0.4, -0.2) is 33.5 Å². The smallest absolute Gasteiger partial charge is 0.203 e. The summed E-state index contributed by atoms with van der Waals surface area (Å²) >= 11 is 0. The van der Waals surface area contributed by atoms with E-state index in [0.29, 0.717) is 40.7 Å². The Kier molecular flexibility index (Phi) is 5.58. The number of fused-ring (bicyclic) bond motifs is 1. The Bertz CT molecular complexity index is 864. The van der Waals surface area contributed by atoms with E-state index in [1.807, 2.05) is 18.2 Å². The average Bonchev–Trinajstić information content (AvgIpc) is 3.04. The summed E-state index contributed by atoms with van der Waals surface area (Å²) in [5.41, 5.74) is 2.54. The third-order valence-corrected chi connectivity index (χ3v) is 5.12. The van der Waals surface area contributed by atoms with Crippen LogP contribution in [0.25, 0.3) is 0 Å². The van der Waals surface area contributed by atoms with Gasteiger partial charge < -0.3 is 28.8 Å². The van der Waals surface area contributed by atoms with Crippen molar-refractivity contribution in [1.82, 2.24) is 0 Å². The second kappa shape index (κ2) is 7.92. The topological polar surface area (TPSA) is 66.4 Å². The van der Waals surface area contributed by atoms with Gasteiger partial charge in [-0.25, -0.2) is 0 Å². The summed E-state index contributed by atoms with van der Waals surface area (Å²) < 4.78 is 28.0. The molecule has 0 radical (unpaired) electrons. The SMILES string of the molecule is C=CCc1c(O)c(OC)cc2c1OC(c1cc(OC)c(OC)c(OC)c1)C2C. The maximum absolute atomic E-state index is 10.6. The van der Waals surface area contributed by atoms with Crippen molar-refractivity contribution in [3.63, 3.8) is 0 Å². The molecule has 0 spiro atoms. The van der Waals surface area contributed by atoms with Crippen molar-refractivity contribution in [3.05, 3.63) is 47.5 Å². The number of hydrogen-bond donors (Lipinski definition) is 1. The number of hydrogen-bond acceptors (Lipinski definition) is 6. The minimum Gasteiger partial charge on any atom is -0.504 e. The fourth-order valence-corrected chi connectivity index (χ4v) is 3.69. The van der Waals surface area contributed by atoms with Gasteiger partial charge in [-0.1, -0.05) is 13.0 Å². The molecule has 3 rings (SSSR count). The Hall–Kier alpha value is -3.02. The molecule has 2 unspecified atom stereocenters. The second-order valence-electron chi connectivity index (χ2n) is 6.60. The van der Waals surface area contributed by atoms with Crippen LogP contribution in [0.15, 0.2) is 30.9 Å². The number of aromatic hydroxyl groups is 1. The van der Waals surface area contributed by atoms with Gasteiger partial charge in [0.05, 0.1) is 28.4 Å². The highest BCUT2D eigenvalue weighted by Gasteiger charge is 2.37. The predicted molar refractivity (Wildman–Crippen MR) is 106 cm³/mol. The zero-order valence-corrected chi connectivity index (χ0v) is 16.9. The highest BCUT2D eigenvalue weighted by molar-refractivity contribution is 5.62. The number of phenols is 1. The van der Waals surface area contributed by atoms with Gasteiger partial charge in [-0.2, -0.15) is 0 Å². The normalized spacial score (nSPS) is 17.5. The molecule has 0 amide bonds. The Morgan fingerprint density at radius 2 is 1.61 bits per heavy atom. The summed E-state index contributed by atoms with van der Waals surface area (Å²) in [5.74, 6) is 2.87. The van der Waals surface area contributed by atoms with Gasteiger partial charge >= 0.3 is 0 Å². The van der Waals surface area contributed by atoms with E-state index in [4.69, 9.17) is 23.7 Å². The van der Waals surface area contributed by atoms with Gasteiger partial charge in [0.15, 0.2) is 23.0 Å². The van der Waals surface area contributed by atoms with E-state index >= 15 is 0 Å². The van der Waals surface area contributed by atoms with E-state index in [2.05, 4.69) is 13.5 Å². The van der Waals surface area contributed by atoms with E-state index in [0.717, 1.165) is 11.1 Å². The van der Waals surface area contributed by atoms with Crippen molar-refractivity contribution in [2.24, 2.45) is 0 Å². The summed E-state index contributed by atoms with van der Waals surface area (Å²) in [5, 5.41) is 10.6. The summed E-state index contributed by atoms with van der Waals surface area (Å²) in [6, 6.07) is 5.61. The van der Waals surface area contributed by atoms with Crippen molar-refractivity contribution in [3.8, 4) is 34.5 Å². The van der Waals surface area contributed by atoms with Crippen LogP contribution in [0.2, 0.25) is 0 Å². The molecule has 0 saturated carbocycles. The van der Waals surface area contributed by atoms with Crippen molar-refractivity contribution in [2.45, 2.75) is 25.4 Å². The molecule has 0 fully saturated rings. The van der Waals surface area contributed by atoms with Gasteiger partial charge in [0.25, 0.3) is 0 Å². The first-order chi connectivity index (χ1) is 13.5. The summed E-state index contributed by atoms with van der Waals surface area (Å²) in [7, 11) is 6.27. The molecule has 150 valence electrons. The molecule has 6 nitrogen and oxygen atoms in total. The molecule has 2 atom stereocenters. The molecular formula is C22H26O6. The predicted octanol–water partition coefficient (Wildman–Crippen LogP) is 4.39. The monoisotopic (exact) mass is 386 g/mol. The van der Waals surface area contributed by atoms with Crippen LogP contribution in [0.4, 0.5) is 0 Å². The van der Waals surface area contributed by atoms with E-state index < -0.39 is 0 Å². The number of phenolic OH excluding ortho intramolecular Hbond substituents is 1. The highest BCUT2D eigenvalue weighted by Crippen LogP contribution is 2.53. The first kappa shape index (κ1) is 19.7. The highest BCUT2D eigenvalue weighted by atomic mass is 16.5. The summed E-state index contributed by atoms with van der Waals surface area (Å²) in [4.78, 5) is 0. The molecule has 0 bridgehead atoms. The lowest BCUT2D eigenvalue weighted by molar-refractivity contribution is 0.212. The van der Waals surface area contributed by atoms with Crippen LogP contribution in [-0.2, 0) is 6.42 Å². The second-order valence-corrected chi connectivity index (χ2v) is 6.60. The number of benzene rings is 2. The zero-order valence-electron chi connectivity index (χ0n) is 16.9. The Morgan fingerprint density at radius 1 is 1.00 bits per heavy atom. The van der Waals surface area contributed by atoms with Crippen molar-refractivity contribution in [1.29, 1.82) is 0 Å². The van der Waals surface area contributed by atoms with Gasteiger partial charge in [-0.15, -0.1) is 6.58 Å². The van der Waals surface area contributed by atoms with Gasteiger partial charge in [0.1, 0.15) is 11.9 Å². The molecule has 0 aliphatic carbocycles. The van der Waals surface area contributed by atoms with Crippen molar-refractivity contribution < 1.29 is 28.8 Å². The van der Waals surface area contributed by atoms with Crippen LogP contribution in [0.3, 0.4) is 0 Å². The maximum Gasteiger partial charge on any atom is 0.203 e. The van der Waals surface area contributed by atoms with E-state index in [1.165, 1.54) is 7.11 Å². The first-order valence-corrected chi connectivity index (χ1v) is 9.00. The lowest BCUT2D eigenvalue weighted by atomic mass is 9.91. The number of allylic oxidation sites excluding steroid dienone is 1. The molecule has 1 N–H and O–H groups in total. The van der Waals surface area contributed by atoms with Gasteiger partial charge in [-0.3, -0.25) is 0 Å². The molecule has 1 aliphatic rings. The van der Waals surface area contributed by atoms with Gasteiger partial charge in [-0.05, 0) is 24.6 Å². The molecular weight excluding hydrogens is 360 g/mol. The fraction of sp³-hybridized carbons (Fsp3) is 0.364. The number of ether oxygens (including phenoxy) is 5. The van der Waals surface area contributed by atoms with Crippen molar-refractivity contribution >= 4 is 0 Å². The molecule has 0 aromatic heterocycles. The molecule has 1 heterocycles. The third-order valence-electron chi connectivity index (χ3n) is 5.12. The summed E-state index contributed by atoms with van der Waals surface area (Å²) in [6.07, 6.45) is 1.93. The van der Waals surface area contributed by atoms with Crippen molar-refractivity contribution in [2.75, 3.05) is 28.4 Å². The van der Waals surface area contributed by atoms with E-state index in [1.54, 1.807) is 27.4 Å². The Balaban J connectivity index is 2.11. The largest absolute Gasteiger partial charge is 0.504 e. The van der Waals surface area contributed by atoms with Crippen LogP contribution >= 0.6 is 0 Å². The number of rotatable bonds is 7. The average molecular weight is 386 g/mol. The van der Waals surface area contributed by atoms with Crippen LogP contribution in [0.5, 0.6) is 34.5 Å². The summed E-state index contributed by atoms with van der Waals surface area (Å²) in [6.45, 7) is 5.86. The zero-order chi connectivity index (χ0) is 20.4. The Labute approximate surface area is 165 Å². The number of methoxy groups -OCH3 is 4. The molecule has 2 aromatic rings. The lowest BCUT2D eigenvalue weighted by Crippen LogP contribution is -2.08. The first-order valence-electron chi connectivity index (χ1n) is 9.00. The van der Waals surface area contributed by atoms with E-state index in [-0.39, 0.29) is 17.8 Å². The van der Waals surface area contributed by atoms with Gasteiger partial charge in [0, 0.05) is 22.6 Å². The minimum absolute atomic E-state index is 0.0240. The van der Waals surface area contributed by atoms with Crippen LogP contribution in [0.1, 0.15) is 35.6 Å². The molecule has 0 saturated heterocycles. The lowest BCUT2D eigenvalue weighted by Gasteiger charge is -2.20. The standard InChI is InChI=1S/C22H26O6/c1-7-8-14-19(23)16(24-3)11-15-12(2)20(28-21(14)15)13-9-17(25-4)22(27-6)18(10-13)26-5/h7,9-12,20,23H,1,8H2,2-6H3. The third kappa shape index (κ3) is 3.09. The minimum atomic E-state index is -0.279.